The van der Waals surface area contributed by atoms with Crippen LogP contribution in [-0.2, 0) is 16.1 Å². The largest absolute Gasteiger partial charge is 0.381 e. The summed E-state index contributed by atoms with van der Waals surface area (Å²) >= 11 is 1.48. The molecular formula is C15H15FN2O2S. The van der Waals surface area contributed by atoms with Crippen molar-refractivity contribution in [1.82, 2.24) is 10.3 Å². The van der Waals surface area contributed by atoms with Gasteiger partial charge in [0.2, 0.25) is 5.91 Å². The number of nitrogens with one attached hydrogen (secondary N) is 1. The zero-order chi connectivity index (χ0) is 14.7. The van der Waals surface area contributed by atoms with Crippen molar-refractivity contribution in [3.63, 3.8) is 0 Å². The SMILES string of the molecule is O=C(NCc1nc(-c2ccc(F)cc2)cs1)C1CCOC1. The maximum atomic E-state index is 12.9. The van der Waals surface area contributed by atoms with Crippen LogP contribution in [0.4, 0.5) is 4.39 Å². The third-order valence-electron chi connectivity index (χ3n) is 3.41. The molecule has 4 nitrogen and oxygen atoms in total. The van der Waals surface area contributed by atoms with E-state index in [4.69, 9.17) is 4.74 Å². The van der Waals surface area contributed by atoms with Crippen LogP contribution in [0.15, 0.2) is 29.6 Å². The van der Waals surface area contributed by atoms with Gasteiger partial charge in [-0.25, -0.2) is 9.37 Å². The fraction of sp³-hybridized carbons (Fsp3) is 0.333. The second-order valence-corrected chi connectivity index (χ2v) is 5.85. The Bertz CT molecular complexity index is 621. The highest BCUT2D eigenvalue weighted by molar-refractivity contribution is 7.09. The molecule has 6 heteroatoms. The van der Waals surface area contributed by atoms with Gasteiger partial charge >= 0.3 is 0 Å². The zero-order valence-corrected chi connectivity index (χ0v) is 12.2. The van der Waals surface area contributed by atoms with E-state index >= 15 is 0 Å². The van der Waals surface area contributed by atoms with E-state index in [1.165, 1.54) is 23.5 Å². The number of nitrogens with zero attached hydrogens (tertiary/aromatic N) is 1. The lowest BCUT2D eigenvalue weighted by molar-refractivity contribution is -0.125. The molecule has 110 valence electrons. The summed E-state index contributed by atoms with van der Waals surface area (Å²) in [6, 6.07) is 6.22. The monoisotopic (exact) mass is 306 g/mol. The second kappa shape index (κ2) is 6.32. The maximum absolute atomic E-state index is 12.9. The summed E-state index contributed by atoms with van der Waals surface area (Å²) in [5, 5.41) is 5.63. The predicted octanol–water partition coefficient (Wildman–Crippen LogP) is 2.60. The van der Waals surface area contributed by atoms with E-state index in [1.807, 2.05) is 5.38 Å². The van der Waals surface area contributed by atoms with Gasteiger partial charge in [-0.05, 0) is 30.7 Å². The van der Waals surface area contributed by atoms with E-state index in [1.54, 1.807) is 12.1 Å². The number of aromatic nitrogens is 1. The van der Waals surface area contributed by atoms with Crippen molar-refractivity contribution >= 4 is 17.2 Å². The quantitative estimate of drug-likeness (QED) is 0.944. The van der Waals surface area contributed by atoms with E-state index in [0.717, 1.165) is 22.7 Å². The Morgan fingerprint density at radius 3 is 2.95 bits per heavy atom. The molecule has 1 atom stereocenters. The first kappa shape index (κ1) is 14.2. The third-order valence-corrected chi connectivity index (χ3v) is 4.25. The summed E-state index contributed by atoms with van der Waals surface area (Å²) < 4.78 is 18.1. The van der Waals surface area contributed by atoms with Crippen LogP contribution in [0.1, 0.15) is 11.4 Å². The smallest absolute Gasteiger partial charge is 0.225 e. The Hall–Kier alpha value is -1.79. The van der Waals surface area contributed by atoms with Crippen LogP contribution in [0.5, 0.6) is 0 Å². The number of hydrogen-bond donors (Lipinski definition) is 1. The molecule has 1 unspecified atom stereocenters. The van der Waals surface area contributed by atoms with Crippen LogP contribution in [-0.4, -0.2) is 24.1 Å². The first-order valence-electron chi connectivity index (χ1n) is 6.78. The topological polar surface area (TPSA) is 51.2 Å². The van der Waals surface area contributed by atoms with Gasteiger partial charge in [0.05, 0.1) is 24.8 Å². The lowest BCUT2D eigenvalue weighted by atomic mass is 10.1. The highest BCUT2D eigenvalue weighted by atomic mass is 32.1. The fourth-order valence-electron chi connectivity index (χ4n) is 2.19. The molecule has 1 aliphatic heterocycles. The summed E-state index contributed by atoms with van der Waals surface area (Å²) in [5.74, 6) is -0.284. The third kappa shape index (κ3) is 3.46. The number of carbonyl (C=O) groups excluding carboxylic acids is 1. The van der Waals surface area contributed by atoms with Gasteiger partial charge in [-0.2, -0.15) is 0 Å². The molecule has 0 spiro atoms. The Labute approximate surface area is 126 Å². The highest BCUT2D eigenvalue weighted by Gasteiger charge is 2.23. The fourth-order valence-corrected chi connectivity index (χ4v) is 2.94. The van der Waals surface area contributed by atoms with Crippen molar-refractivity contribution in [2.75, 3.05) is 13.2 Å². The molecule has 1 aliphatic rings. The van der Waals surface area contributed by atoms with Gasteiger partial charge in [-0.15, -0.1) is 11.3 Å². The van der Waals surface area contributed by atoms with E-state index in [2.05, 4.69) is 10.3 Å². The van der Waals surface area contributed by atoms with Gasteiger partial charge in [0.25, 0.3) is 0 Å². The van der Waals surface area contributed by atoms with Crippen molar-refractivity contribution in [3.05, 3.63) is 40.5 Å². The molecule has 0 radical (unpaired) electrons. The van der Waals surface area contributed by atoms with Crippen LogP contribution in [0.25, 0.3) is 11.3 Å². The minimum absolute atomic E-state index is 0.0195. The molecule has 1 amide bonds. The molecule has 1 fully saturated rings. The Morgan fingerprint density at radius 2 is 2.24 bits per heavy atom. The van der Waals surface area contributed by atoms with E-state index in [9.17, 15) is 9.18 Å². The number of halogens is 1. The van der Waals surface area contributed by atoms with Crippen molar-refractivity contribution in [2.24, 2.45) is 5.92 Å². The van der Waals surface area contributed by atoms with E-state index in [0.29, 0.717) is 19.8 Å². The number of benzene rings is 1. The minimum Gasteiger partial charge on any atom is -0.381 e. The second-order valence-electron chi connectivity index (χ2n) is 4.91. The normalized spacial score (nSPS) is 17.9. The number of thiazole rings is 1. The van der Waals surface area contributed by atoms with E-state index in [-0.39, 0.29) is 17.6 Å². The van der Waals surface area contributed by atoms with Gasteiger partial charge < -0.3 is 10.1 Å². The van der Waals surface area contributed by atoms with Crippen LogP contribution in [0.2, 0.25) is 0 Å². The molecule has 0 bridgehead atoms. The van der Waals surface area contributed by atoms with Gasteiger partial charge in [0, 0.05) is 17.6 Å². The molecule has 0 aliphatic carbocycles. The molecular weight excluding hydrogens is 291 g/mol. The predicted molar refractivity (Wildman–Crippen MR) is 78.3 cm³/mol. The first-order chi connectivity index (χ1) is 10.2. The number of ether oxygens (including phenoxy) is 1. The molecule has 21 heavy (non-hydrogen) atoms. The molecule has 3 rings (SSSR count). The molecule has 1 N–H and O–H groups in total. The lowest BCUT2D eigenvalue weighted by Gasteiger charge is -2.07. The van der Waals surface area contributed by atoms with Crippen molar-refractivity contribution in [1.29, 1.82) is 0 Å². The average Bonchev–Trinajstić information content (AvgIpc) is 3.17. The number of amides is 1. The van der Waals surface area contributed by atoms with E-state index < -0.39 is 0 Å². The standard InChI is InChI=1S/C15H15FN2O2S/c16-12-3-1-10(2-4-12)13-9-21-14(18-13)7-17-15(19)11-5-6-20-8-11/h1-4,9,11H,5-8H2,(H,17,19). The van der Waals surface area contributed by atoms with Gasteiger partial charge in [-0.1, -0.05) is 0 Å². The number of hydrogen-bond acceptors (Lipinski definition) is 4. The highest BCUT2D eigenvalue weighted by Crippen LogP contribution is 2.22. The minimum atomic E-state index is -0.264. The maximum Gasteiger partial charge on any atom is 0.225 e. The summed E-state index contributed by atoms with van der Waals surface area (Å²) in [7, 11) is 0. The molecule has 1 aromatic heterocycles. The Kier molecular flexibility index (Phi) is 4.26. The zero-order valence-electron chi connectivity index (χ0n) is 11.3. The molecule has 2 aromatic rings. The van der Waals surface area contributed by atoms with Crippen LogP contribution in [0, 0.1) is 11.7 Å². The average molecular weight is 306 g/mol. The molecule has 1 aromatic carbocycles. The Morgan fingerprint density at radius 1 is 1.43 bits per heavy atom. The van der Waals surface area contributed by atoms with Crippen molar-refractivity contribution < 1.29 is 13.9 Å². The molecule has 2 heterocycles. The van der Waals surface area contributed by atoms with Crippen LogP contribution < -0.4 is 5.32 Å². The summed E-state index contributed by atoms with van der Waals surface area (Å²) in [5.41, 5.74) is 1.67. The number of carbonyl (C=O) groups is 1. The summed E-state index contributed by atoms with van der Waals surface area (Å²) in [4.78, 5) is 16.3. The molecule has 0 saturated carbocycles. The van der Waals surface area contributed by atoms with Crippen LogP contribution >= 0.6 is 11.3 Å². The van der Waals surface area contributed by atoms with Crippen LogP contribution in [0.3, 0.4) is 0 Å². The lowest BCUT2D eigenvalue weighted by Crippen LogP contribution is -2.30. The van der Waals surface area contributed by atoms with Crippen molar-refractivity contribution in [2.45, 2.75) is 13.0 Å². The first-order valence-corrected chi connectivity index (χ1v) is 7.66. The number of rotatable bonds is 4. The van der Waals surface area contributed by atoms with Crippen molar-refractivity contribution in [3.8, 4) is 11.3 Å². The summed E-state index contributed by atoms with van der Waals surface area (Å²) in [6.45, 7) is 1.58. The van der Waals surface area contributed by atoms with Gasteiger partial charge in [-0.3, -0.25) is 4.79 Å². The summed E-state index contributed by atoms with van der Waals surface area (Å²) in [6.07, 6.45) is 0.782. The van der Waals surface area contributed by atoms with Gasteiger partial charge in [0.15, 0.2) is 0 Å². The Balaban J connectivity index is 1.60. The molecule has 1 saturated heterocycles. The van der Waals surface area contributed by atoms with Gasteiger partial charge in [0.1, 0.15) is 10.8 Å².